The molecule has 1 aliphatic heterocycles. The summed E-state index contributed by atoms with van der Waals surface area (Å²) >= 11 is 0. The van der Waals surface area contributed by atoms with E-state index in [-0.39, 0.29) is 11.9 Å². The summed E-state index contributed by atoms with van der Waals surface area (Å²) in [5.41, 5.74) is 6.50. The molecule has 0 aromatic carbocycles. The lowest BCUT2D eigenvalue weighted by Gasteiger charge is -2.33. The number of nitrogens with two attached hydrogens (primary N) is 1. The number of rotatable bonds is 2. The summed E-state index contributed by atoms with van der Waals surface area (Å²) < 4.78 is 4.92. The number of piperidine rings is 1. The van der Waals surface area contributed by atoms with Crippen molar-refractivity contribution in [1.82, 2.24) is 4.90 Å². The molecule has 1 aliphatic rings. The van der Waals surface area contributed by atoms with E-state index in [1.807, 2.05) is 11.8 Å². The third-order valence-corrected chi connectivity index (χ3v) is 3.34. The van der Waals surface area contributed by atoms with Crippen LogP contribution in [0.25, 0.3) is 0 Å². The van der Waals surface area contributed by atoms with E-state index >= 15 is 0 Å². The lowest BCUT2D eigenvalue weighted by atomic mass is 9.91. The largest absolute Gasteiger partial charge is 0.472 e. The molecule has 1 aromatic rings. The number of carbonyl (C=O) groups is 1. The van der Waals surface area contributed by atoms with Gasteiger partial charge >= 0.3 is 0 Å². The van der Waals surface area contributed by atoms with E-state index in [0.717, 1.165) is 25.9 Å². The zero-order chi connectivity index (χ0) is 11.5. The summed E-state index contributed by atoms with van der Waals surface area (Å²) in [6, 6.07) is 1.94. The van der Waals surface area contributed by atoms with Crippen LogP contribution in [0.4, 0.5) is 0 Å². The van der Waals surface area contributed by atoms with Crippen molar-refractivity contribution in [2.45, 2.75) is 25.8 Å². The molecule has 88 valence electrons. The Morgan fingerprint density at radius 2 is 2.25 bits per heavy atom. The highest BCUT2D eigenvalue weighted by Crippen LogP contribution is 2.21. The molecular formula is C12H18N2O2. The topological polar surface area (TPSA) is 59.5 Å². The number of furan rings is 1. The van der Waals surface area contributed by atoms with Gasteiger partial charge < -0.3 is 15.1 Å². The van der Waals surface area contributed by atoms with Gasteiger partial charge in [0, 0.05) is 19.1 Å². The van der Waals surface area contributed by atoms with Crippen LogP contribution in [0, 0.1) is 5.92 Å². The van der Waals surface area contributed by atoms with Gasteiger partial charge in [-0.3, -0.25) is 4.79 Å². The molecule has 2 N–H and O–H groups in total. The second kappa shape index (κ2) is 4.70. The smallest absolute Gasteiger partial charge is 0.257 e. The standard InChI is InChI=1S/C12H18N2O2/c1-9(13)10-2-5-14(6-3-10)12(15)11-4-7-16-8-11/h4,7-10H,2-3,5-6,13H2,1H3. The van der Waals surface area contributed by atoms with Crippen molar-refractivity contribution in [2.75, 3.05) is 13.1 Å². The molecule has 0 aliphatic carbocycles. The van der Waals surface area contributed by atoms with Crippen LogP contribution in [-0.2, 0) is 0 Å². The quantitative estimate of drug-likeness (QED) is 0.824. The average Bonchev–Trinajstić information content (AvgIpc) is 2.81. The molecule has 0 radical (unpaired) electrons. The van der Waals surface area contributed by atoms with Crippen molar-refractivity contribution in [3.63, 3.8) is 0 Å². The van der Waals surface area contributed by atoms with E-state index in [4.69, 9.17) is 10.2 Å². The zero-order valence-corrected chi connectivity index (χ0v) is 9.56. The molecular weight excluding hydrogens is 204 g/mol. The normalized spacial score (nSPS) is 19.8. The van der Waals surface area contributed by atoms with E-state index in [2.05, 4.69) is 0 Å². The molecule has 1 unspecified atom stereocenters. The molecule has 4 nitrogen and oxygen atoms in total. The number of amides is 1. The number of hydrogen-bond acceptors (Lipinski definition) is 3. The SMILES string of the molecule is CC(N)C1CCN(C(=O)c2ccoc2)CC1. The predicted octanol–water partition coefficient (Wildman–Crippen LogP) is 1.48. The Kier molecular flexibility index (Phi) is 3.29. The molecule has 0 spiro atoms. The fourth-order valence-corrected chi connectivity index (χ4v) is 2.20. The van der Waals surface area contributed by atoms with E-state index in [9.17, 15) is 4.79 Å². The maximum atomic E-state index is 12.0. The molecule has 16 heavy (non-hydrogen) atoms. The fourth-order valence-electron chi connectivity index (χ4n) is 2.20. The van der Waals surface area contributed by atoms with Crippen LogP contribution in [0.2, 0.25) is 0 Å². The minimum atomic E-state index is 0.0666. The van der Waals surface area contributed by atoms with Crippen LogP contribution in [0.1, 0.15) is 30.1 Å². The third kappa shape index (κ3) is 2.27. The van der Waals surface area contributed by atoms with Gasteiger partial charge in [0.05, 0.1) is 11.8 Å². The van der Waals surface area contributed by atoms with Gasteiger partial charge in [0.25, 0.3) is 5.91 Å². The lowest BCUT2D eigenvalue weighted by molar-refractivity contribution is 0.0680. The number of hydrogen-bond donors (Lipinski definition) is 1. The molecule has 1 atom stereocenters. The molecule has 1 aromatic heterocycles. The van der Waals surface area contributed by atoms with Gasteiger partial charge in [0.15, 0.2) is 0 Å². The summed E-state index contributed by atoms with van der Waals surface area (Å²) in [7, 11) is 0. The summed E-state index contributed by atoms with van der Waals surface area (Å²) in [5, 5.41) is 0. The summed E-state index contributed by atoms with van der Waals surface area (Å²) in [6.45, 7) is 3.64. The average molecular weight is 222 g/mol. The Balaban J connectivity index is 1.92. The van der Waals surface area contributed by atoms with Crippen molar-refractivity contribution >= 4 is 5.91 Å². The van der Waals surface area contributed by atoms with E-state index in [1.54, 1.807) is 6.07 Å². The summed E-state index contributed by atoms with van der Waals surface area (Å²) in [4.78, 5) is 13.9. The van der Waals surface area contributed by atoms with Gasteiger partial charge in [-0.1, -0.05) is 0 Å². The molecule has 4 heteroatoms. The van der Waals surface area contributed by atoms with Gasteiger partial charge in [0.2, 0.25) is 0 Å². The van der Waals surface area contributed by atoms with Crippen LogP contribution < -0.4 is 5.73 Å². The predicted molar refractivity (Wildman–Crippen MR) is 61.0 cm³/mol. The van der Waals surface area contributed by atoms with Gasteiger partial charge in [-0.2, -0.15) is 0 Å². The molecule has 0 bridgehead atoms. The van der Waals surface area contributed by atoms with E-state index in [0.29, 0.717) is 11.5 Å². The lowest BCUT2D eigenvalue weighted by Crippen LogP contribution is -2.42. The maximum Gasteiger partial charge on any atom is 0.257 e. The number of nitrogens with zero attached hydrogens (tertiary/aromatic N) is 1. The molecule has 1 amide bonds. The van der Waals surface area contributed by atoms with Crippen LogP contribution in [0.5, 0.6) is 0 Å². The minimum absolute atomic E-state index is 0.0666. The van der Waals surface area contributed by atoms with Crippen molar-refractivity contribution in [2.24, 2.45) is 11.7 Å². The third-order valence-electron chi connectivity index (χ3n) is 3.34. The first-order chi connectivity index (χ1) is 7.68. The van der Waals surface area contributed by atoms with Crippen LogP contribution in [0.3, 0.4) is 0 Å². The van der Waals surface area contributed by atoms with Gasteiger partial charge in [-0.15, -0.1) is 0 Å². The molecule has 1 fully saturated rings. The van der Waals surface area contributed by atoms with Crippen LogP contribution in [-0.4, -0.2) is 29.9 Å². The van der Waals surface area contributed by atoms with Crippen LogP contribution in [0.15, 0.2) is 23.0 Å². The first-order valence-electron chi connectivity index (χ1n) is 5.75. The Bertz CT molecular complexity index is 338. The highest BCUT2D eigenvalue weighted by Gasteiger charge is 2.25. The van der Waals surface area contributed by atoms with Crippen LogP contribution >= 0.6 is 0 Å². The Labute approximate surface area is 95.4 Å². The maximum absolute atomic E-state index is 12.0. The fraction of sp³-hybridized carbons (Fsp3) is 0.583. The summed E-state index contributed by atoms with van der Waals surface area (Å²) in [6.07, 6.45) is 5.03. The zero-order valence-electron chi connectivity index (χ0n) is 9.56. The van der Waals surface area contributed by atoms with Gasteiger partial charge in [0.1, 0.15) is 6.26 Å². The molecule has 2 rings (SSSR count). The first kappa shape index (κ1) is 11.2. The first-order valence-corrected chi connectivity index (χ1v) is 5.75. The van der Waals surface area contributed by atoms with Crippen molar-refractivity contribution < 1.29 is 9.21 Å². The number of likely N-dealkylation sites (tertiary alicyclic amines) is 1. The Morgan fingerprint density at radius 1 is 1.56 bits per heavy atom. The number of carbonyl (C=O) groups excluding carboxylic acids is 1. The summed E-state index contributed by atoms with van der Waals surface area (Å²) in [5.74, 6) is 0.616. The van der Waals surface area contributed by atoms with Crippen molar-refractivity contribution in [1.29, 1.82) is 0 Å². The van der Waals surface area contributed by atoms with Gasteiger partial charge in [-0.25, -0.2) is 0 Å². The van der Waals surface area contributed by atoms with Crippen molar-refractivity contribution in [3.8, 4) is 0 Å². The Hall–Kier alpha value is -1.29. The highest BCUT2D eigenvalue weighted by molar-refractivity contribution is 5.93. The molecule has 2 heterocycles. The van der Waals surface area contributed by atoms with E-state index in [1.165, 1.54) is 12.5 Å². The Morgan fingerprint density at radius 3 is 2.75 bits per heavy atom. The monoisotopic (exact) mass is 222 g/mol. The second-order valence-corrected chi connectivity index (χ2v) is 4.50. The van der Waals surface area contributed by atoms with Crippen molar-refractivity contribution in [3.05, 3.63) is 24.2 Å². The van der Waals surface area contributed by atoms with E-state index < -0.39 is 0 Å². The minimum Gasteiger partial charge on any atom is -0.472 e. The highest BCUT2D eigenvalue weighted by atomic mass is 16.3. The molecule has 1 saturated heterocycles. The molecule has 0 saturated carbocycles. The second-order valence-electron chi connectivity index (χ2n) is 4.50. The van der Waals surface area contributed by atoms with Gasteiger partial charge in [-0.05, 0) is 31.7 Å².